The SMILES string of the molecule is Cc1ncsc1-c1ccc([C@H](C)NC(=O)[C@@H]2C[C@@H](O)CN2C(=O)C(NC(=O)CCCCCC(=O)N2CCN(CCC(CSc3ccccc3)Nc3ccc(S(=O)(=O)NC(=O)c4ccc(N5CCN(CC6=C(c7ccc(Cl)cc7)CCC(C)(C)C6)CC5)nc4)cc3S(=O)(=O)C(F)(F)F)CC2)C(C)(C)C)cc1. The molecule has 1 aliphatic carbocycles. The number of hydrogen-bond acceptors (Lipinski definition) is 18. The number of pyridine rings is 1. The number of alkyl halides is 3. The van der Waals surface area contributed by atoms with Gasteiger partial charge in [-0.3, -0.25) is 33.8 Å². The number of carbonyl (C=O) groups is 5. The molecule has 29 heteroatoms. The minimum absolute atomic E-state index is 0.0464. The van der Waals surface area contributed by atoms with E-state index in [0.29, 0.717) is 88.4 Å². The Kier molecular flexibility index (Phi) is 26.4. The molecule has 0 radical (unpaired) electrons. The summed E-state index contributed by atoms with van der Waals surface area (Å²) in [5.41, 5.74) is 1.51. The van der Waals surface area contributed by atoms with Crippen LogP contribution in [0.4, 0.5) is 24.7 Å². The van der Waals surface area contributed by atoms with E-state index < -0.39 is 94.3 Å². The number of benzene rings is 4. The van der Waals surface area contributed by atoms with E-state index in [9.17, 15) is 59.1 Å². The van der Waals surface area contributed by atoms with Crippen LogP contribution in [0.1, 0.15) is 139 Å². The molecule has 5 atom stereocenters. The van der Waals surface area contributed by atoms with Gasteiger partial charge in [-0.15, -0.1) is 23.1 Å². The first-order chi connectivity index (χ1) is 49.7. The lowest BCUT2D eigenvalue weighted by Gasteiger charge is -2.39. The molecular weight excluding hydrogens is 1450 g/mol. The first-order valence-corrected chi connectivity index (χ1v) is 40.9. The number of nitrogens with one attached hydrogen (secondary N) is 4. The van der Waals surface area contributed by atoms with Crippen LogP contribution in [0, 0.1) is 17.8 Å². The number of sulfonamides is 1. The predicted molar refractivity (Wildman–Crippen MR) is 405 cm³/mol. The Morgan fingerprint density at radius 2 is 1.48 bits per heavy atom. The summed E-state index contributed by atoms with van der Waals surface area (Å²) in [6.45, 7) is 19.5. The number of aliphatic hydroxyl groups excluding tert-OH is 1. The molecule has 2 aromatic heterocycles. The Hall–Kier alpha value is -7.44. The summed E-state index contributed by atoms with van der Waals surface area (Å²) in [7, 11) is -11.2. The van der Waals surface area contributed by atoms with Gasteiger partial charge in [-0.2, -0.15) is 13.2 Å². The highest BCUT2D eigenvalue weighted by Crippen LogP contribution is 2.44. The van der Waals surface area contributed by atoms with Crippen LogP contribution in [0.3, 0.4) is 0 Å². The van der Waals surface area contributed by atoms with Crippen LogP contribution in [0.2, 0.25) is 5.02 Å². The number of unbranched alkanes of at least 4 members (excludes halogenated alkanes) is 2. The number of hydrogen-bond donors (Lipinski definition) is 5. The van der Waals surface area contributed by atoms with Gasteiger partial charge in [0.1, 0.15) is 22.8 Å². The number of halogens is 4. The number of likely N-dealkylation sites (tertiary alicyclic amines) is 1. The van der Waals surface area contributed by atoms with E-state index in [1.807, 2.05) is 106 Å². The van der Waals surface area contributed by atoms with Gasteiger partial charge in [0.05, 0.1) is 44.4 Å². The zero-order valence-corrected chi connectivity index (χ0v) is 64.4. The van der Waals surface area contributed by atoms with Crippen LogP contribution >= 0.6 is 34.7 Å². The number of piperazine rings is 2. The maximum absolute atomic E-state index is 14.6. The highest BCUT2D eigenvalue weighted by Gasteiger charge is 2.49. The van der Waals surface area contributed by atoms with Crippen LogP contribution < -0.4 is 25.6 Å². The summed E-state index contributed by atoms with van der Waals surface area (Å²) >= 11 is 9.16. The van der Waals surface area contributed by atoms with Gasteiger partial charge in [0.2, 0.25) is 23.6 Å². The first-order valence-electron chi connectivity index (χ1n) is 35.7. The van der Waals surface area contributed by atoms with Gasteiger partial charge in [-0.05, 0) is 140 Å². The molecule has 5 N–H and O–H groups in total. The zero-order chi connectivity index (χ0) is 75.6. The summed E-state index contributed by atoms with van der Waals surface area (Å²) in [4.78, 5) is 86.8. The topological polar surface area (TPSA) is 264 Å². The van der Waals surface area contributed by atoms with Crippen molar-refractivity contribution in [2.24, 2.45) is 10.8 Å². The maximum Gasteiger partial charge on any atom is 0.501 e. The molecule has 21 nitrogen and oxygen atoms in total. The number of aryl methyl sites for hydroxylation is 1. The quantitative estimate of drug-likeness (QED) is 0.0226. The summed E-state index contributed by atoms with van der Waals surface area (Å²) in [5, 5.41) is 20.4. The second-order valence-electron chi connectivity index (χ2n) is 29.6. The predicted octanol–water partition coefficient (Wildman–Crippen LogP) is 11.8. The Morgan fingerprint density at radius 1 is 0.800 bits per heavy atom. The monoisotopic (exact) mass is 1540 g/mol. The maximum atomic E-state index is 14.6. The number of thioether (sulfide) groups is 1. The minimum Gasteiger partial charge on any atom is -0.391 e. The largest absolute Gasteiger partial charge is 0.501 e. The number of aromatic nitrogens is 2. The Balaban J connectivity index is 0.690. The standard InChI is InChI=1S/C76H95ClF3N11O10S4/c1-50(52-18-20-54(21-19-52)69-51(2)82-49-103-69)83-72(96)64-42-59(92)47-91(64)73(97)70(74(3,4)5)85-67(93)16-12-9-13-17-68(94)90-40-34-87(35-41-90)33-31-58(48-102-60-14-10-8-11-15-60)84-63-28-27-61(43-65(63)104(98,99)76(78,79)80)105(100,101)86-71(95)55-24-29-66(81-45-55)89-38-36-88(37-39-89)46-56-44-75(6,7)32-30-62(56)53-22-25-57(77)26-23-53/h8,10-11,14-15,18-29,43,45,49-50,58-59,64,70,84,92H,9,12-13,16-17,30-42,44,46-48H2,1-7H3,(H,83,96)(H,85,93)(H,86,95)/t50-,58?,59+,64-,70?/m0/s1. The molecule has 3 fully saturated rings. The number of nitrogens with zero attached hydrogens (tertiary/aromatic N) is 7. The van der Waals surface area contributed by atoms with Gasteiger partial charge in [0, 0.05) is 119 Å². The molecule has 2 unspecified atom stereocenters. The van der Waals surface area contributed by atoms with Crippen LogP contribution in [0.5, 0.6) is 0 Å². The Labute approximate surface area is 627 Å². The van der Waals surface area contributed by atoms with Crippen molar-refractivity contribution in [1.29, 1.82) is 0 Å². The van der Waals surface area contributed by atoms with Crippen LogP contribution in [-0.4, -0.2) is 189 Å². The van der Waals surface area contributed by atoms with E-state index in [2.05, 4.69) is 66.6 Å². The lowest BCUT2D eigenvalue weighted by atomic mass is 9.73. The number of rotatable bonds is 28. The van der Waals surface area contributed by atoms with Crippen molar-refractivity contribution in [2.75, 3.05) is 88.0 Å². The van der Waals surface area contributed by atoms with E-state index >= 15 is 0 Å². The molecular formula is C76H95ClF3N11O10S4. The van der Waals surface area contributed by atoms with Crippen molar-refractivity contribution in [2.45, 2.75) is 163 Å². The molecule has 10 rings (SSSR count). The molecule has 105 heavy (non-hydrogen) atoms. The third-order valence-corrected chi connectivity index (χ3v) is 25.3. The Bertz CT molecular complexity index is 4300. The highest BCUT2D eigenvalue weighted by molar-refractivity contribution is 7.99. The summed E-state index contributed by atoms with van der Waals surface area (Å²) in [5.74, 6) is -1.61. The van der Waals surface area contributed by atoms with Crippen molar-refractivity contribution in [3.63, 3.8) is 0 Å². The highest BCUT2D eigenvalue weighted by atomic mass is 35.5. The first kappa shape index (κ1) is 80.1. The second-order valence-corrected chi connectivity index (χ2v) is 35.5. The molecule has 3 aliphatic heterocycles. The normalized spacial score (nSPS) is 18.7. The van der Waals surface area contributed by atoms with E-state index in [-0.39, 0.29) is 54.4 Å². The molecule has 6 aromatic rings. The van der Waals surface area contributed by atoms with Gasteiger partial charge in [0.15, 0.2) is 0 Å². The van der Waals surface area contributed by atoms with Crippen LogP contribution in [0.25, 0.3) is 16.0 Å². The number of anilines is 2. The van der Waals surface area contributed by atoms with Crippen molar-refractivity contribution in [3.05, 3.63) is 154 Å². The third-order valence-electron chi connectivity index (χ3n) is 20.0. The van der Waals surface area contributed by atoms with Crippen LogP contribution in [0.15, 0.2) is 141 Å². The molecule has 4 aliphatic rings. The Morgan fingerprint density at radius 3 is 2.12 bits per heavy atom. The number of amides is 5. The summed E-state index contributed by atoms with van der Waals surface area (Å²) in [6.07, 6.45) is 5.49. The third kappa shape index (κ3) is 21.0. The number of β-amino-alcohol motifs (C(OH)–C–C–N with tert-alkyl or cyclic N) is 1. The fourth-order valence-corrected chi connectivity index (χ4v) is 17.8. The van der Waals surface area contributed by atoms with E-state index in [1.54, 1.807) is 27.8 Å². The fourth-order valence-electron chi connectivity index (χ4n) is 13.9. The average molecular weight is 1540 g/mol. The molecule has 0 saturated carbocycles. The van der Waals surface area contributed by atoms with Gasteiger partial charge in [0.25, 0.3) is 25.8 Å². The van der Waals surface area contributed by atoms with Crippen molar-refractivity contribution < 1.29 is 59.1 Å². The van der Waals surface area contributed by atoms with E-state index in [0.717, 1.165) is 77.6 Å². The van der Waals surface area contributed by atoms with Crippen LogP contribution in [-0.2, 0) is 39.0 Å². The molecule has 3 saturated heterocycles. The number of aliphatic hydroxyl groups is 1. The lowest BCUT2D eigenvalue weighted by molar-refractivity contribution is -0.144. The number of thiazole rings is 1. The van der Waals surface area contributed by atoms with E-state index in [1.165, 1.54) is 45.6 Å². The van der Waals surface area contributed by atoms with Gasteiger partial charge < -0.3 is 35.8 Å². The second kappa shape index (κ2) is 34.6. The van der Waals surface area contributed by atoms with Gasteiger partial charge in [-0.25, -0.2) is 31.5 Å². The molecule has 566 valence electrons. The molecule has 0 spiro atoms. The average Bonchev–Trinajstić information content (AvgIpc) is 0.849. The van der Waals surface area contributed by atoms with Crippen molar-refractivity contribution in [3.8, 4) is 10.4 Å². The van der Waals surface area contributed by atoms with Crippen molar-refractivity contribution in [1.82, 2.24) is 44.9 Å². The summed E-state index contributed by atoms with van der Waals surface area (Å²) in [6, 6.07) is 27.3. The zero-order valence-electron chi connectivity index (χ0n) is 60.4. The van der Waals surface area contributed by atoms with Crippen molar-refractivity contribution >= 4 is 101 Å². The van der Waals surface area contributed by atoms with E-state index in [4.69, 9.17) is 11.6 Å². The van der Waals surface area contributed by atoms with Gasteiger partial charge >= 0.3 is 5.51 Å². The fraction of sp³-hybridized carbons (Fsp3) is 0.487. The summed E-state index contributed by atoms with van der Waals surface area (Å²) < 4.78 is 100. The molecule has 0 bridgehead atoms. The van der Waals surface area contributed by atoms with Gasteiger partial charge in [-0.1, -0.05) is 113 Å². The molecule has 4 aromatic carbocycles. The molecule has 5 amide bonds. The smallest absolute Gasteiger partial charge is 0.391 e. The minimum atomic E-state index is -6.19. The molecule has 5 heterocycles. The number of allylic oxidation sites excluding steroid dienone is 1. The lowest BCUT2D eigenvalue weighted by Crippen LogP contribution is -2.57. The number of sulfone groups is 1. The number of carbonyl (C=O) groups excluding carboxylic acids is 5.